The molecule has 2 fully saturated rings. The molecule has 1 aromatic rings. The third-order valence-corrected chi connectivity index (χ3v) is 5.57. The summed E-state index contributed by atoms with van der Waals surface area (Å²) in [6.07, 6.45) is 1.67. The summed E-state index contributed by atoms with van der Waals surface area (Å²) in [6.45, 7) is 6.68. The second kappa shape index (κ2) is 6.42. The van der Waals surface area contributed by atoms with Gasteiger partial charge in [-0.3, -0.25) is 4.79 Å². The SMILES string of the molecule is CCOC1CC(N)(C(=O)NC2CC2c2ccccc2)C1(C)C.Cl. The van der Waals surface area contributed by atoms with E-state index in [2.05, 4.69) is 17.4 Å². The third kappa shape index (κ3) is 3.00. The number of hydrogen-bond acceptors (Lipinski definition) is 3. The topological polar surface area (TPSA) is 64.3 Å². The zero-order chi connectivity index (χ0) is 16.0. The van der Waals surface area contributed by atoms with E-state index in [-0.39, 0.29) is 35.9 Å². The lowest BCUT2D eigenvalue weighted by Crippen LogP contribution is -2.76. The maximum Gasteiger partial charge on any atom is 0.241 e. The molecule has 3 rings (SSSR count). The van der Waals surface area contributed by atoms with Crippen molar-refractivity contribution in [3.63, 3.8) is 0 Å². The van der Waals surface area contributed by atoms with Gasteiger partial charge in [0.2, 0.25) is 5.91 Å². The highest BCUT2D eigenvalue weighted by Crippen LogP contribution is 2.50. The zero-order valence-corrected chi connectivity index (χ0v) is 14.9. The maximum absolute atomic E-state index is 12.6. The minimum atomic E-state index is -0.823. The van der Waals surface area contributed by atoms with E-state index >= 15 is 0 Å². The molecule has 0 aromatic heterocycles. The molecule has 0 saturated heterocycles. The van der Waals surface area contributed by atoms with Crippen LogP contribution in [0.25, 0.3) is 0 Å². The van der Waals surface area contributed by atoms with E-state index in [1.165, 1.54) is 5.56 Å². The summed E-state index contributed by atoms with van der Waals surface area (Å²) in [6, 6.07) is 10.6. The average molecular weight is 339 g/mol. The Morgan fingerprint density at radius 3 is 2.57 bits per heavy atom. The molecule has 2 saturated carbocycles. The molecule has 1 amide bonds. The fourth-order valence-electron chi connectivity index (χ4n) is 3.54. The highest BCUT2D eigenvalue weighted by atomic mass is 35.5. The first-order valence-electron chi connectivity index (χ1n) is 8.16. The number of rotatable bonds is 5. The number of benzene rings is 1. The molecule has 4 atom stereocenters. The Morgan fingerprint density at radius 2 is 2.00 bits per heavy atom. The average Bonchev–Trinajstić information content (AvgIpc) is 3.27. The Bertz CT molecular complexity index is 563. The number of hydrogen-bond donors (Lipinski definition) is 2. The number of carbonyl (C=O) groups excluding carboxylic acids is 1. The molecule has 0 spiro atoms. The summed E-state index contributed by atoms with van der Waals surface area (Å²) in [5.41, 5.74) is 6.55. The van der Waals surface area contributed by atoms with E-state index in [1.807, 2.05) is 39.0 Å². The normalized spacial score (nSPS) is 34.0. The van der Waals surface area contributed by atoms with Crippen LogP contribution in [0.1, 0.15) is 45.1 Å². The van der Waals surface area contributed by atoms with Crippen molar-refractivity contribution in [3.05, 3.63) is 35.9 Å². The van der Waals surface area contributed by atoms with Crippen LogP contribution >= 0.6 is 12.4 Å². The number of amides is 1. The molecule has 1 aromatic carbocycles. The Hall–Kier alpha value is -1.10. The van der Waals surface area contributed by atoms with E-state index in [0.29, 0.717) is 18.9 Å². The van der Waals surface area contributed by atoms with Crippen LogP contribution in [0, 0.1) is 5.41 Å². The number of ether oxygens (including phenoxy) is 1. The minimum absolute atomic E-state index is 0. The van der Waals surface area contributed by atoms with Gasteiger partial charge >= 0.3 is 0 Å². The van der Waals surface area contributed by atoms with E-state index in [9.17, 15) is 4.79 Å². The largest absolute Gasteiger partial charge is 0.378 e. The van der Waals surface area contributed by atoms with E-state index in [0.717, 1.165) is 6.42 Å². The fourth-order valence-corrected chi connectivity index (χ4v) is 3.54. The quantitative estimate of drug-likeness (QED) is 0.867. The molecule has 2 aliphatic carbocycles. The van der Waals surface area contributed by atoms with E-state index < -0.39 is 5.54 Å². The maximum atomic E-state index is 12.6. The summed E-state index contributed by atoms with van der Waals surface area (Å²) in [5, 5.41) is 3.14. The number of nitrogens with two attached hydrogens (primary N) is 1. The first-order chi connectivity index (χ1) is 10.4. The second-order valence-electron chi connectivity index (χ2n) is 7.17. The van der Waals surface area contributed by atoms with Gasteiger partial charge in [0.05, 0.1) is 6.10 Å². The molecular weight excluding hydrogens is 312 g/mol. The van der Waals surface area contributed by atoms with Crippen LogP contribution in [0.4, 0.5) is 0 Å². The predicted molar refractivity (Wildman–Crippen MR) is 93.7 cm³/mol. The molecule has 0 radical (unpaired) electrons. The lowest BCUT2D eigenvalue weighted by atomic mass is 9.54. The van der Waals surface area contributed by atoms with Gasteiger partial charge in [0.1, 0.15) is 5.54 Å². The first kappa shape index (κ1) is 18.2. The summed E-state index contributed by atoms with van der Waals surface area (Å²) >= 11 is 0. The van der Waals surface area contributed by atoms with Gasteiger partial charge in [-0.2, -0.15) is 0 Å². The Labute approximate surface area is 144 Å². The molecule has 23 heavy (non-hydrogen) atoms. The molecule has 0 aliphatic heterocycles. The lowest BCUT2D eigenvalue weighted by Gasteiger charge is -2.57. The van der Waals surface area contributed by atoms with Crippen molar-refractivity contribution in [2.24, 2.45) is 11.1 Å². The summed E-state index contributed by atoms with van der Waals surface area (Å²) in [7, 11) is 0. The Morgan fingerprint density at radius 1 is 1.35 bits per heavy atom. The van der Waals surface area contributed by atoms with Crippen molar-refractivity contribution in [1.29, 1.82) is 0 Å². The zero-order valence-electron chi connectivity index (χ0n) is 14.0. The van der Waals surface area contributed by atoms with Crippen LogP contribution in [-0.4, -0.2) is 30.2 Å². The lowest BCUT2D eigenvalue weighted by molar-refractivity contribution is -0.170. The Balaban J connectivity index is 0.00000192. The summed E-state index contributed by atoms with van der Waals surface area (Å²) in [5.74, 6) is 0.400. The predicted octanol–water partition coefficient (Wildman–Crippen LogP) is 2.61. The molecule has 4 unspecified atom stereocenters. The molecule has 0 heterocycles. The molecular formula is C18H27ClN2O2. The van der Waals surface area contributed by atoms with Gasteiger partial charge in [0, 0.05) is 30.4 Å². The van der Waals surface area contributed by atoms with Gasteiger partial charge in [0.25, 0.3) is 0 Å². The van der Waals surface area contributed by atoms with Gasteiger partial charge in [-0.15, -0.1) is 12.4 Å². The van der Waals surface area contributed by atoms with Gasteiger partial charge in [-0.05, 0) is 18.9 Å². The van der Waals surface area contributed by atoms with Crippen LogP contribution in [0.5, 0.6) is 0 Å². The van der Waals surface area contributed by atoms with Crippen LogP contribution in [0.15, 0.2) is 30.3 Å². The molecule has 128 valence electrons. The van der Waals surface area contributed by atoms with Crippen molar-refractivity contribution < 1.29 is 9.53 Å². The van der Waals surface area contributed by atoms with Gasteiger partial charge in [0.15, 0.2) is 0 Å². The van der Waals surface area contributed by atoms with Crippen molar-refractivity contribution in [2.75, 3.05) is 6.61 Å². The van der Waals surface area contributed by atoms with Gasteiger partial charge < -0.3 is 15.8 Å². The third-order valence-electron chi connectivity index (χ3n) is 5.57. The fraction of sp³-hybridized carbons (Fsp3) is 0.611. The van der Waals surface area contributed by atoms with Crippen LogP contribution < -0.4 is 11.1 Å². The van der Waals surface area contributed by atoms with Gasteiger partial charge in [-0.25, -0.2) is 0 Å². The number of halogens is 1. The van der Waals surface area contributed by atoms with E-state index in [1.54, 1.807) is 0 Å². The molecule has 0 bridgehead atoms. The smallest absolute Gasteiger partial charge is 0.241 e. The monoisotopic (exact) mass is 338 g/mol. The van der Waals surface area contributed by atoms with Crippen LogP contribution in [0.2, 0.25) is 0 Å². The highest BCUT2D eigenvalue weighted by molar-refractivity contribution is 5.89. The van der Waals surface area contributed by atoms with Crippen molar-refractivity contribution in [1.82, 2.24) is 5.32 Å². The standard InChI is InChI=1S/C18H26N2O2.ClH/c1-4-22-15-11-18(19,17(15,2)3)16(21)20-14-10-13(14)12-8-6-5-7-9-12;/h5-9,13-15H,4,10-11,19H2,1-3H3,(H,20,21);1H. The summed E-state index contributed by atoms with van der Waals surface area (Å²) < 4.78 is 5.69. The molecule has 2 aliphatic rings. The number of carbonyl (C=O) groups is 1. The molecule has 4 nitrogen and oxygen atoms in total. The van der Waals surface area contributed by atoms with Crippen molar-refractivity contribution in [2.45, 2.75) is 57.2 Å². The van der Waals surface area contributed by atoms with Gasteiger partial charge in [-0.1, -0.05) is 44.2 Å². The van der Waals surface area contributed by atoms with E-state index in [4.69, 9.17) is 10.5 Å². The number of nitrogens with one attached hydrogen (secondary N) is 1. The highest BCUT2D eigenvalue weighted by Gasteiger charge is 2.63. The van der Waals surface area contributed by atoms with Crippen molar-refractivity contribution >= 4 is 18.3 Å². The second-order valence-corrected chi connectivity index (χ2v) is 7.17. The molecule has 5 heteroatoms. The molecule has 3 N–H and O–H groups in total. The Kier molecular flexibility index (Phi) is 5.09. The summed E-state index contributed by atoms with van der Waals surface area (Å²) in [4.78, 5) is 12.6. The van der Waals surface area contributed by atoms with Crippen molar-refractivity contribution in [3.8, 4) is 0 Å². The minimum Gasteiger partial charge on any atom is -0.378 e. The van der Waals surface area contributed by atoms with Crippen LogP contribution in [0.3, 0.4) is 0 Å². The van der Waals surface area contributed by atoms with Crippen LogP contribution in [-0.2, 0) is 9.53 Å². The first-order valence-corrected chi connectivity index (χ1v) is 8.16.